The summed E-state index contributed by atoms with van der Waals surface area (Å²) < 4.78 is 35.4. The molecule has 2 heterocycles. The number of halogens is 2. The maximum Gasteiger partial charge on any atom is 0.419 e. The monoisotopic (exact) mass is 349 g/mol. The van der Waals surface area contributed by atoms with Crippen LogP contribution in [-0.2, 0) is 7.05 Å². The first-order valence-corrected chi connectivity index (χ1v) is 7.23. The van der Waals surface area contributed by atoms with Crippen molar-refractivity contribution in [2.24, 2.45) is 7.05 Å². The number of benzene rings is 1. The third-order valence-corrected chi connectivity index (χ3v) is 3.36. The van der Waals surface area contributed by atoms with E-state index in [0.717, 1.165) is 0 Å². The molecule has 1 N–H and O–H groups in total. The molecule has 0 bridgehead atoms. The molecule has 0 atom stereocenters. The summed E-state index contributed by atoms with van der Waals surface area (Å²) in [5.41, 5.74) is 1.35. The Labute approximate surface area is 139 Å². The first kappa shape index (κ1) is 16.6. The zero-order chi connectivity index (χ0) is 18.0. The first-order valence-electron chi connectivity index (χ1n) is 7.23. The van der Waals surface area contributed by atoms with Crippen molar-refractivity contribution in [3.05, 3.63) is 52.6 Å². The average molecular weight is 349 g/mol. The van der Waals surface area contributed by atoms with E-state index in [1.807, 2.05) is 0 Å². The van der Waals surface area contributed by atoms with Crippen molar-refractivity contribution in [2.75, 3.05) is 11.9 Å². The van der Waals surface area contributed by atoms with Gasteiger partial charge in [0.2, 0.25) is 5.88 Å². The van der Waals surface area contributed by atoms with E-state index in [9.17, 15) is 18.4 Å². The highest BCUT2D eigenvalue weighted by molar-refractivity contribution is 6.03. The molecule has 3 rings (SSSR count). The Bertz CT molecular complexity index is 981. The summed E-state index contributed by atoms with van der Waals surface area (Å²) >= 11 is 0. The number of ether oxygens (including phenoxy) is 1. The molecule has 9 heteroatoms. The van der Waals surface area contributed by atoms with Crippen molar-refractivity contribution in [3.8, 4) is 5.88 Å². The summed E-state index contributed by atoms with van der Waals surface area (Å²) in [6.45, 7) is -0.802. The van der Waals surface area contributed by atoms with Crippen LogP contribution in [0.2, 0.25) is 0 Å². The number of rotatable bonds is 5. The molecule has 0 radical (unpaired) electrons. The van der Waals surface area contributed by atoms with Crippen molar-refractivity contribution < 1.29 is 22.7 Å². The second-order valence-corrected chi connectivity index (χ2v) is 5.13. The van der Waals surface area contributed by atoms with Gasteiger partial charge in [0.05, 0.1) is 5.52 Å². The number of pyridine rings is 1. The third kappa shape index (κ3) is 3.65. The quantitative estimate of drug-likeness (QED) is 0.764. The fourth-order valence-electron chi connectivity index (χ4n) is 2.17. The van der Waals surface area contributed by atoms with Gasteiger partial charge < -0.3 is 14.5 Å². The molecular weight excluding hydrogens is 336 g/mol. The minimum atomic E-state index is -2.63. The van der Waals surface area contributed by atoms with Crippen molar-refractivity contribution in [1.82, 2.24) is 9.55 Å². The fraction of sp³-hybridized carbons (Fsp3) is 0.188. The largest absolute Gasteiger partial charge is 0.472 e. The van der Waals surface area contributed by atoms with Gasteiger partial charge in [0.1, 0.15) is 5.69 Å². The number of carbonyl (C=O) groups excluding carboxylic acids is 1. The number of alkyl halides is 2. The molecule has 0 aliphatic carbocycles. The molecule has 130 valence electrons. The van der Waals surface area contributed by atoms with E-state index in [2.05, 4.69) is 10.3 Å². The molecule has 3 aromatic rings. The van der Waals surface area contributed by atoms with Crippen molar-refractivity contribution in [2.45, 2.75) is 6.43 Å². The summed E-state index contributed by atoms with van der Waals surface area (Å²) in [5, 5.41) is 2.62. The zero-order valence-electron chi connectivity index (χ0n) is 13.0. The molecule has 1 aromatic carbocycles. The predicted molar refractivity (Wildman–Crippen MR) is 85.1 cm³/mol. The molecular formula is C16H13F2N3O4. The van der Waals surface area contributed by atoms with Gasteiger partial charge in [-0.25, -0.2) is 18.6 Å². The summed E-state index contributed by atoms with van der Waals surface area (Å²) in [5.74, 6) is -1.13. The van der Waals surface area contributed by atoms with Crippen LogP contribution in [0.1, 0.15) is 10.5 Å². The molecule has 0 fully saturated rings. The number of carbonyl (C=O) groups is 1. The molecule has 0 unspecified atom stereocenters. The van der Waals surface area contributed by atoms with Crippen molar-refractivity contribution >= 4 is 22.7 Å². The second-order valence-electron chi connectivity index (χ2n) is 5.13. The van der Waals surface area contributed by atoms with E-state index < -0.39 is 24.7 Å². The lowest BCUT2D eigenvalue weighted by atomic mass is 10.2. The van der Waals surface area contributed by atoms with E-state index >= 15 is 0 Å². The van der Waals surface area contributed by atoms with Crippen LogP contribution >= 0.6 is 0 Å². The maximum absolute atomic E-state index is 12.3. The molecule has 25 heavy (non-hydrogen) atoms. The van der Waals surface area contributed by atoms with Gasteiger partial charge in [-0.05, 0) is 24.3 Å². The van der Waals surface area contributed by atoms with Gasteiger partial charge in [0, 0.05) is 18.8 Å². The van der Waals surface area contributed by atoms with Gasteiger partial charge in [-0.3, -0.25) is 9.36 Å². The van der Waals surface area contributed by atoms with E-state index in [0.29, 0.717) is 16.8 Å². The van der Waals surface area contributed by atoms with E-state index in [-0.39, 0.29) is 11.6 Å². The van der Waals surface area contributed by atoms with Gasteiger partial charge in [-0.1, -0.05) is 6.07 Å². The van der Waals surface area contributed by atoms with Gasteiger partial charge >= 0.3 is 5.76 Å². The van der Waals surface area contributed by atoms with Crippen LogP contribution in [0, 0.1) is 0 Å². The number of anilines is 1. The Morgan fingerprint density at radius 2 is 2.16 bits per heavy atom. The van der Waals surface area contributed by atoms with Crippen LogP contribution in [0.15, 0.2) is 45.6 Å². The minimum absolute atomic E-state index is 0.00736. The molecule has 0 saturated carbocycles. The Morgan fingerprint density at radius 3 is 2.92 bits per heavy atom. The van der Waals surface area contributed by atoms with Crippen LogP contribution in [0.5, 0.6) is 5.88 Å². The highest BCUT2D eigenvalue weighted by Crippen LogP contribution is 2.18. The highest BCUT2D eigenvalue weighted by atomic mass is 19.3. The predicted octanol–water partition coefficient (Wildman–Crippen LogP) is 2.42. The SMILES string of the molecule is Cn1c(=O)oc2ccc(NC(=O)c3cccc(OCC(F)F)n3)cc21. The smallest absolute Gasteiger partial charge is 0.419 e. The van der Waals surface area contributed by atoms with Crippen LogP contribution in [-0.4, -0.2) is 28.5 Å². The number of aryl methyl sites for hydroxylation is 1. The van der Waals surface area contributed by atoms with Crippen molar-refractivity contribution in [3.63, 3.8) is 0 Å². The number of hydrogen-bond acceptors (Lipinski definition) is 5. The van der Waals surface area contributed by atoms with E-state index in [1.54, 1.807) is 25.2 Å². The standard InChI is InChI=1S/C16H13F2N3O4/c1-21-11-7-9(5-6-12(11)25-16(21)23)19-15(22)10-3-2-4-14(20-10)24-8-13(17)18/h2-7,13H,8H2,1H3,(H,19,22). The normalized spacial score (nSPS) is 11.0. The minimum Gasteiger partial charge on any atom is -0.472 e. The summed E-state index contributed by atoms with van der Waals surface area (Å²) in [7, 11) is 1.55. The number of nitrogens with zero attached hydrogens (tertiary/aromatic N) is 2. The molecule has 0 saturated heterocycles. The van der Waals surface area contributed by atoms with Crippen LogP contribution < -0.4 is 15.8 Å². The van der Waals surface area contributed by atoms with E-state index in [4.69, 9.17) is 9.15 Å². The molecule has 2 aromatic heterocycles. The molecule has 0 spiro atoms. The van der Waals surface area contributed by atoms with Gasteiger partial charge in [0.25, 0.3) is 12.3 Å². The average Bonchev–Trinajstić information content (AvgIpc) is 2.88. The molecule has 0 aliphatic rings. The van der Waals surface area contributed by atoms with Crippen molar-refractivity contribution in [1.29, 1.82) is 0 Å². The van der Waals surface area contributed by atoms with Crippen LogP contribution in [0.25, 0.3) is 11.1 Å². The number of aromatic nitrogens is 2. The van der Waals surface area contributed by atoms with Gasteiger partial charge in [-0.2, -0.15) is 0 Å². The second kappa shape index (κ2) is 6.71. The third-order valence-electron chi connectivity index (χ3n) is 3.36. The number of fused-ring (bicyclic) bond motifs is 1. The first-order chi connectivity index (χ1) is 11.9. The zero-order valence-corrected chi connectivity index (χ0v) is 13.0. The Kier molecular flexibility index (Phi) is 4.46. The van der Waals surface area contributed by atoms with Gasteiger partial charge in [0.15, 0.2) is 12.2 Å². The Balaban J connectivity index is 1.79. The number of oxazole rings is 1. The van der Waals surface area contributed by atoms with Crippen LogP contribution in [0.4, 0.5) is 14.5 Å². The molecule has 0 aliphatic heterocycles. The Morgan fingerprint density at radius 1 is 1.36 bits per heavy atom. The van der Waals surface area contributed by atoms with E-state index in [1.165, 1.54) is 22.8 Å². The number of nitrogens with one attached hydrogen (secondary N) is 1. The Hall–Kier alpha value is -3.23. The van der Waals surface area contributed by atoms with Gasteiger partial charge in [-0.15, -0.1) is 0 Å². The topological polar surface area (TPSA) is 86.4 Å². The van der Waals surface area contributed by atoms with Crippen LogP contribution in [0.3, 0.4) is 0 Å². The maximum atomic E-state index is 12.3. The summed E-state index contributed by atoms with van der Waals surface area (Å²) in [6.07, 6.45) is -2.63. The lowest BCUT2D eigenvalue weighted by Gasteiger charge is -2.07. The molecule has 7 nitrogen and oxygen atoms in total. The highest BCUT2D eigenvalue weighted by Gasteiger charge is 2.12. The lowest BCUT2D eigenvalue weighted by molar-refractivity contribution is 0.0794. The number of amides is 1. The lowest BCUT2D eigenvalue weighted by Crippen LogP contribution is -2.15. The fourth-order valence-corrected chi connectivity index (χ4v) is 2.17. The molecule has 1 amide bonds. The summed E-state index contributed by atoms with van der Waals surface area (Å²) in [6, 6.07) is 8.99. The number of hydrogen-bond donors (Lipinski definition) is 1. The summed E-state index contributed by atoms with van der Waals surface area (Å²) in [4.78, 5) is 27.6.